The van der Waals surface area contributed by atoms with Crippen molar-refractivity contribution in [3.05, 3.63) is 65.2 Å². The van der Waals surface area contributed by atoms with Gasteiger partial charge in [0.15, 0.2) is 5.96 Å². The van der Waals surface area contributed by atoms with Crippen LogP contribution in [0, 0.1) is 0 Å². The van der Waals surface area contributed by atoms with Crippen LogP contribution in [0.5, 0.6) is 5.75 Å². The Morgan fingerprint density at radius 2 is 1.73 bits per heavy atom. The summed E-state index contributed by atoms with van der Waals surface area (Å²) in [5, 5.41) is 8.76. The fourth-order valence-electron chi connectivity index (χ4n) is 2.54. The van der Waals surface area contributed by atoms with Crippen molar-refractivity contribution in [1.29, 1.82) is 0 Å². The summed E-state index contributed by atoms with van der Waals surface area (Å²) in [6.45, 7) is 2.85. The van der Waals surface area contributed by atoms with Crippen LogP contribution >= 0.6 is 24.0 Å². The van der Waals surface area contributed by atoms with Crippen molar-refractivity contribution in [2.75, 3.05) is 13.6 Å². The number of benzene rings is 2. The van der Waals surface area contributed by atoms with E-state index < -0.39 is 6.36 Å². The minimum atomic E-state index is -4.76. The molecule has 0 saturated heterocycles. The number of alkyl halides is 3. The highest BCUT2D eigenvalue weighted by molar-refractivity contribution is 14.0. The van der Waals surface area contributed by atoms with Gasteiger partial charge in [-0.15, -0.1) is 37.1 Å². The fraction of sp³-hybridized carbons (Fsp3) is 0.300. The smallest absolute Gasteiger partial charge is 0.405 e. The number of amides is 1. The van der Waals surface area contributed by atoms with Crippen molar-refractivity contribution in [2.24, 2.45) is 4.99 Å². The first-order valence-corrected chi connectivity index (χ1v) is 8.97. The van der Waals surface area contributed by atoms with Crippen LogP contribution in [0.25, 0.3) is 0 Å². The highest BCUT2D eigenvalue weighted by Gasteiger charge is 2.31. The molecule has 0 heterocycles. The van der Waals surface area contributed by atoms with Crippen LogP contribution in [0.4, 0.5) is 13.2 Å². The zero-order valence-electron chi connectivity index (χ0n) is 16.5. The van der Waals surface area contributed by atoms with Gasteiger partial charge in [0.2, 0.25) is 0 Å². The molecule has 0 unspecified atom stereocenters. The van der Waals surface area contributed by atoms with E-state index in [4.69, 9.17) is 0 Å². The number of aliphatic imine (C=N–C) groups is 1. The Hall–Kier alpha value is -2.50. The van der Waals surface area contributed by atoms with Gasteiger partial charge in [-0.2, -0.15) is 0 Å². The molecule has 30 heavy (non-hydrogen) atoms. The maximum Gasteiger partial charge on any atom is 0.573 e. The van der Waals surface area contributed by atoms with Gasteiger partial charge in [-0.25, -0.2) is 0 Å². The zero-order chi connectivity index (χ0) is 21.3. The number of halogens is 4. The molecule has 1 amide bonds. The minimum absolute atomic E-state index is 0. The number of hydrogen-bond acceptors (Lipinski definition) is 3. The lowest BCUT2D eigenvalue weighted by molar-refractivity contribution is -0.274. The average Bonchev–Trinajstić information content (AvgIpc) is 2.68. The largest absolute Gasteiger partial charge is 0.573 e. The van der Waals surface area contributed by atoms with E-state index in [0.717, 1.165) is 5.56 Å². The monoisotopic (exact) mass is 536 g/mol. The lowest BCUT2D eigenvalue weighted by Gasteiger charge is -2.16. The van der Waals surface area contributed by atoms with Gasteiger partial charge in [0.25, 0.3) is 5.91 Å². The van der Waals surface area contributed by atoms with E-state index in [1.165, 1.54) is 18.2 Å². The van der Waals surface area contributed by atoms with E-state index in [2.05, 4.69) is 25.7 Å². The van der Waals surface area contributed by atoms with Gasteiger partial charge in [0.05, 0.1) is 0 Å². The molecule has 0 saturated carbocycles. The summed E-state index contributed by atoms with van der Waals surface area (Å²) in [5.41, 5.74) is 1.75. The molecule has 164 valence electrons. The highest BCUT2D eigenvalue weighted by atomic mass is 127. The molecule has 0 aliphatic carbocycles. The van der Waals surface area contributed by atoms with Gasteiger partial charge in [0.1, 0.15) is 5.75 Å². The SMILES string of the molecule is CCNC(=O)c1cccc(CNC(=NC)NCc2ccccc2OC(F)(F)F)c1.I. The average molecular weight is 536 g/mol. The first-order valence-electron chi connectivity index (χ1n) is 8.97. The molecule has 0 atom stereocenters. The second kappa shape index (κ2) is 12.3. The molecule has 2 aromatic carbocycles. The minimum Gasteiger partial charge on any atom is -0.405 e. The standard InChI is InChI=1S/C20H23F3N4O2.HI/c1-3-25-18(28)15-9-6-7-14(11-15)12-26-19(24-2)27-13-16-8-4-5-10-17(16)29-20(21,22)23;/h4-11H,3,12-13H2,1-2H3,(H,25,28)(H2,24,26,27);1H. The molecule has 0 bridgehead atoms. The molecule has 0 spiro atoms. The van der Waals surface area contributed by atoms with E-state index in [0.29, 0.717) is 30.2 Å². The molecular weight excluding hydrogens is 512 g/mol. The summed E-state index contributed by atoms with van der Waals surface area (Å²) in [6, 6.07) is 13.0. The number of hydrogen-bond donors (Lipinski definition) is 3. The number of nitrogens with zero attached hydrogens (tertiary/aromatic N) is 1. The number of nitrogens with one attached hydrogen (secondary N) is 3. The Morgan fingerprint density at radius 3 is 2.40 bits per heavy atom. The van der Waals surface area contributed by atoms with Crippen LogP contribution in [0.15, 0.2) is 53.5 Å². The molecular formula is C20H24F3IN4O2. The van der Waals surface area contributed by atoms with Gasteiger partial charge in [-0.05, 0) is 30.7 Å². The molecule has 0 aliphatic heterocycles. The van der Waals surface area contributed by atoms with Crippen molar-refractivity contribution in [2.45, 2.75) is 26.4 Å². The number of carbonyl (C=O) groups is 1. The molecule has 2 aromatic rings. The van der Waals surface area contributed by atoms with Crippen LogP contribution in [-0.4, -0.2) is 31.8 Å². The number of rotatable bonds is 7. The van der Waals surface area contributed by atoms with Crippen LogP contribution in [-0.2, 0) is 13.1 Å². The maximum atomic E-state index is 12.5. The Bertz CT molecular complexity index is 860. The summed E-state index contributed by atoms with van der Waals surface area (Å²) >= 11 is 0. The summed E-state index contributed by atoms with van der Waals surface area (Å²) in [7, 11) is 1.55. The van der Waals surface area contributed by atoms with Crippen LogP contribution < -0.4 is 20.7 Å². The molecule has 0 radical (unpaired) electrons. The third kappa shape index (κ3) is 8.47. The summed E-state index contributed by atoms with van der Waals surface area (Å²) < 4.78 is 41.6. The molecule has 0 aliphatic rings. The fourth-order valence-corrected chi connectivity index (χ4v) is 2.54. The van der Waals surface area contributed by atoms with E-state index in [9.17, 15) is 18.0 Å². The number of ether oxygens (including phenoxy) is 1. The molecule has 10 heteroatoms. The summed E-state index contributed by atoms with van der Waals surface area (Å²) in [4.78, 5) is 16.0. The maximum absolute atomic E-state index is 12.5. The Morgan fingerprint density at radius 1 is 1.03 bits per heavy atom. The second-order valence-electron chi connectivity index (χ2n) is 5.99. The van der Waals surface area contributed by atoms with Gasteiger partial charge < -0.3 is 20.7 Å². The first-order chi connectivity index (χ1) is 13.8. The number of para-hydroxylation sites is 1. The van der Waals surface area contributed by atoms with Gasteiger partial charge in [-0.1, -0.05) is 30.3 Å². The van der Waals surface area contributed by atoms with Crippen molar-refractivity contribution < 1.29 is 22.7 Å². The van der Waals surface area contributed by atoms with Crippen molar-refractivity contribution in [3.8, 4) is 5.75 Å². The highest BCUT2D eigenvalue weighted by Crippen LogP contribution is 2.26. The summed E-state index contributed by atoms with van der Waals surface area (Å²) in [5.74, 6) is -0.0223. The third-order valence-electron chi connectivity index (χ3n) is 3.85. The zero-order valence-corrected chi connectivity index (χ0v) is 18.9. The summed E-state index contributed by atoms with van der Waals surface area (Å²) in [6.07, 6.45) is -4.76. The van der Waals surface area contributed by atoms with Gasteiger partial charge in [0, 0.05) is 37.8 Å². The Balaban J connectivity index is 0.00000450. The van der Waals surface area contributed by atoms with E-state index in [-0.39, 0.29) is 42.2 Å². The van der Waals surface area contributed by atoms with Crippen LogP contribution in [0.2, 0.25) is 0 Å². The van der Waals surface area contributed by atoms with Crippen LogP contribution in [0.1, 0.15) is 28.4 Å². The predicted octanol–water partition coefficient (Wildman–Crippen LogP) is 3.82. The molecule has 0 fully saturated rings. The van der Waals surface area contributed by atoms with Crippen molar-refractivity contribution >= 4 is 35.8 Å². The topological polar surface area (TPSA) is 74.8 Å². The van der Waals surface area contributed by atoms with E-state index in [1.54, 1.807) is 31.3 Å². The molecule has 3 N–H and O–H groups in total. The predicted molar refractivity (Wildman–Crippen MR) is 120 cm³/mol. The molecule has 2 rings (SSSR count). The van der Waals surface area contributed by atoms with Crippen LogP contribution in [0.3, 0.4) is 0 Å². The number of carbonyl (C=O) groups excluding carboxylic acids is 1. The van der Waals surface area contributed by atoms with E-state index in [1.807, 2.05) is 13.0 Å². The Labute approximate surface area is 190 Å². The van der Waals surface area contributed by atoms with Crippen molar-refractivity contribution in [1.82, 2.24) is 16.0 Å². The van der Waals surface area contributed by atoms with Gasteiger partial charge >= 0.3 is 6.36 Å². The molecule has 6 nitrogen and oxygen atoms in total. The second-order valence-corrected chi connectivity index (χ2v) is 5.99. The lowest BCUT2D eigenvalue weighted by Crippen LogP contribution is -2.36. The van der Waals surface area contributed by atoms with Crippen molar-refractivity contribution in [3.63, 3.8) is 0 Å². The van der Waals surface area contributed by atoms with E-state index >= 15 is 0 Å². The Kier molecular flexibility index (Phi) is 10.4. The van der Waals surface area contributed by atoms with Gasteiger partial charge in [-0.3, -0.25) is 9.79 Å². The normalized spacial score (nSPS) is 11.3. The number of guanidine groups is 1. The first kappa shape index (κ1) is 25.5. The third-order valence-corrected chi connectivity index (χ3v) is 3.85. The molecule has 0 aromatic heterocycles. The quantitative estimate of drug-likeness (QED) is 0.286. The lowest BCUT2D eigenvalue weighted by atomic mass is 10.1.